The summed E-state index contributed by atoms with van der Waals surface area (Å²) in [5.74, 6) is 0. The second kappa shape index (κ2) is 4.65. The van der Waals surface area contributed by atoms with Crippen LogP contribution >= 0.6 is 0 Å². The number of nitrogens with one attached hydrogen (secondary N) is 1. The van der Waals surface area contributed by atoms with Gasteiger partial charge in [0, 0.05) is 0 Å². The standard InChI is InChI=1S/C15H15N3O/c1-12-6-5-9-14(10-12)18-15(19)16-11-17(18)13-7-3-2-4-8-13/h2-10H,11H2,1H3,(H,16,19). The molecule has 0 radical (unpaired) electrons. The number of hydrogen-bond donors (Lipinski definition) is 1. The monoisotopic (exact) mass is 253 g/mol. The third-order valence-corrected chi connectivity index (χ3v) is 3.11. The molecule has 2 aromatic carbocycles. The van der Waals surface area contributed by atoms with Gasteiger partial charge in [0.1, 0.15) is 6.67 Å². The van der Waals surface area contributed by atoms with Gasteiger partial charge in [-0.3, -0.25) is 5.01 Å². The molecule has 1 aliphatic heterocycles. The Morgan fingerprint density at radius 1 is 1.00 bits per heavy atom. The second-order valence-electron chi connectivity index (χ2n) is 4.53. The average Bonchev–Trinajstić information content (AvgIpc) is 2.82. The molecule has 0 saturated carbocycles. The largest absolute Gasteiger partial charge is 0.342 e. The summed E-state index contributed by atoms with van der Waals surface area (Å²) in [4.78, 5) is 12.0. The molecule has 1 fully saturated rings. The quantitative estimate of drug-likeness (QED) is 0.893. The van der Waals surface area contributed by atoms with Gasteiger partial charge < -0.3 is 5.32 Å². The summed E-state index contributed by atoms with van der Waals surface area (Å²) in [6, 6.07) is 17.7. The van der Waals surface area contributed by atoms with E-state index in [4.69, 9.17) is 0 Å². The van der Waals surface area contributed by atoms with E-state index >= 15 is 0 Å². The Balaban J connectivity index is 2.00. The minimum absolute atomic E-state index is 0.102. The minimum Gasteiger partial charge on any atom is -0.317 e. The highest BCUT2D eigenvalue weighted by Crippen LogP contribution is 2.25. The predicted molar refractivity (Wildman–Crippen MR) is 76.0 cm³/mol. The molecule has 0 unspecified atom stereocenters. The third-order valence-electron chi connectivity index (χ3n) is 3.11. The number of nitrogens with zero attached hydrogens (tertiary/aromatic N) is 2. The number of hydrogen-bond acceptors (Lipinski definition) is 2. The number of benzene rings is 2. The number of anilines is 2. The van der Waals surface area contributed by atoms with Crippen molar-refractivity contribution in [1.29, 1.82) is 0 Å². The summed E-state index contributed by atoms with van der Waals surface area (Å²) < 4.78 is 0. The van der Waals surface area contributed by atoms with Crippen LogP contribution in [-0.2, 0) is 0 Å². The topological polar surface area (TPSA) is 35.6 Å². The molecule has 0 aliphatic carbocycles. The fourth-order valence-electron chi connectivity index (χ4n) is 2.22. The van der Waals surface area contributed by atoms with Crippen LogP contribution < -0.4 is 15.3 Å². The fraction of sp³-hybridized carbons (Fsp3) is 0.133. The number of aryl methyl sites for hydroxylation is 1. The smallest absolute Gasteiger partial charge is 0.317 e. The number of carbonyl (C=O) groups excluding carboxylic acids is 1. The molecular formula is C15H15N3O. The summed E-state index contributed by atoms with van der Waals surface area (Å²) in [6.07, 6.45) is 0. The van der Waals surface area contributed by atoms with Crippen molar-refractivity contribution in [2.75, 3.05) is 16.7 Å². The van der Waals surface area contributed by atoms with Crippen LogP contribution in [0.15, 0.2) is 54.6 Å². The Morgan fingerprint density at radius 3 is 2.47 bits per heavy atom. The van der Waals surface area contributed by atoms with E-state index in [9.17, 15) is 4.79 Å². The van der Waals surface area contributed by atoms with Crippen LogP contribution in [0.1, 0.15) is 5.56 Å². The zero-order valence-corrected chi connectivity index (χ0v) is 10.7. The van der Waals surface area contributed by atoms with Gasteiger partial charge in [-0.1, -0.05) is 30.3 Å². The Morgan fingerprint density at radius 2 is 1.74 bits per heavy atom. The normalized spacial score (nSPS) is 14.7. The maximum absolute atomic E-state index is 12.0. The molecule has 2 aromatic rings. The maximum Gasteiger partial charge on any atom is 0.342 e. The van der Waals surface area contributed by atoms with E-state index < -0.39 is 0 Å². The van der Waals surface area contributed by atoms with Gasteiger partial charge in [-0.05, 0) is 36.8 Å². The van der Waals surface area contributed by atoms with Gasteiger partial charge >= 0.3 is 6.03 Å². The zero-order valence-electron chi connectivity index (χ0n) is 10.7. The van der Waals surface area contributed by atoms with Crippen molar-refractivity contribution in [2.24, 2.45) is 0 Å². The van der Waals surface area contributed by atoms with Crippen molar-refractivity contribution in [3.8, 4) is 0 Å². The van der Waals surface area contributed by atoms with Gasteiger partial charge in [-0.15, -0.1) is 0 Å². The molecule has 4 nitrogen and oxygen atoms in total. The van der Waals surface area contributed by atoms with E-state index in [1.807, 2.05) is 66.5 Å². The first-order chi connectivity index (χ1) is 9.25. The number of carbonyl (C=O) groups is 1. The van der Waals surface area contributed by atoms with Crippen molar-refractivity contribution in [3.05, 3.63) is 60.2 Å². The van der Waals surface area contributed by atoms with Crippen LogP contribution in [0, 0.1) is 6.92 Å². The molecule has 2 amide bonds. The lowest BCUT2D eigenvalue weighted by molar-refractivity contribution is 0.252. The van der Waals surface area contributed by atoms with Gasteiger partial charge in [0.25, 0.3) is 0 Å². The first kappa shape index (κ1) is 11.6. The minimum atomic E-state index is -0.102. The highest BCUT2D eigenvalue weighted by Gasteiger charge is 2.30. The van der Waals surface area contributed by atoms with Crippen molar-refractivity contribution in [2.45, 2.75) is 6.92 Å². The lowest BCUT2D eigenvalue weighted by Crippen LogP contribution is -2.39. The molecule has 4 heteroatoms. The van der Waals surface area contributed by atoms with Crippen molar-refractivity contribution in [3.63, 3.8) is 0 Å². The first-order valence-corrected chi connectivity index (χ1v) is 6.23. The number of urea groups is 1. The number of hydrazine groups is 1. The van der Waals surface area contributed by atoms with Crippen molar-refractivity contribution in [1.82, 2.24) is 5.32 Å². The van der Waals surface area contributed by atoms with Gasteiger partial charge in [0.15, 0.2) is 0 Å². The summed E-state index contributed by atoms with van der Waals surface area (Å²) in [6.45, 7) is 2.50. The molecule has 1 saturated heterocycles. The summed E-state index contributed by atoms with van der Waals surface area (Å²) >= 11 is 0. The lowest BCUT2D eigenvalue weighted by Gasteiger charge is -2.27. The Kier molecular flexibility index (Phi) is 2.83. The molecule has 1 aliphatic rings. The van der Waals surface area contributed by atoms with E-state index in [2.05, 4.69) is 5.32 Å². The molecule has 1 N–H and O–H groups in total. The Bertz CT molecular complexity index is 597. The molecule has 96 valence electrons. The van der Waals surface area contributed by atoms with Crippen LogP contribution in [0.25, 0.3) is 0 Å². The maximum atomic E-state index is 12.0. The van der Waals surface area contributed by atoms with Crippen molar-refractivity contribution >= 4 is 17.4 Å². The van der Waals surface area contributed by atoms with Crippen LogP contribution in [0.2, 0.25) is 0 Å². The van der Waals surface area contributed by atoms with E-state index in [-0.39, 0.29) is 6.03 Å². The SMILES string of the molecule is Cc1cccc(N2C(=O)NCN2c2ccccc2)c1. The highest BCUT2D eigenvalue weighted by molar-refractivity contribution is 5.97. The summed E-state index contributed by atoms with van der Waals surface area (Å²) in [7, 11) is 0. The molecule has 0 bridgehead atoms. The van der Waals surface area contributed by atoms with Gasteiger partial charge in [0.2, 0.25) is 0 Å². The van der Waals surface area contributed by atoms with E-state index in [1.54, 1.807) is 5.01 Å². The van der Waals surface area contributed by atoms with E-state index in [0.717, 1.165) is 16.9 Å². The second-order valence-corrected chi connectivity index (χ2v) is 4.53. The van der Waals surface area contributed by atoms with E-state index in [0.29, 0.717) is 6.67 Å². The summed E-state index contributed by atoms with van der Waals surface area (Å²) in [5.41, 5.74) is 2.99. The van der Waals surface area contributed by atoms with Crippen molar-refractivity contribution < 1.29 is 4.79 Å². The van der Waals surface area contributed by atoms with Gasteiger partial charge in [-0.25, -0.2) is 9.80 Å². The zero-order chi connectivity index (χ0) is 13.2. The fourth-order valence-corrected chi connectivity index (χ4v) is 2.22. The van der Waals surface area contributed by atoms with Crippen LogP contribution in [0.3, 0.4) is 0 Å². The molecule has 19 heavy (non-hydrogen) atoms. The number of para-hydroxylation sites is 1. The predicted octanol–water partition coefficient (Wildman–Crippen LogP) is 2.90. The summed E-state index contributed by atoms with van der Waals surface area (Å²) in [5, 5.41) is 6.45. The molecular weight excluding hydrogens is 238 g/mol. The molecule has 0 atom stereocenters. The molecule has 3 rings (SSSR count). The number of amides is 2. The Hall–Kier alpha value is -2.49. The van der Waals surface area contributed by atoms with Crippen LogP contribution in [0.4, 0.5) is 16.2 Å². The number of rotatable bonds is 2. The van der Waals surface area contributed by atoms with Gasteiger partial charge in [0.05, 0.1) is 11.4 Å². The lowest BCUT2D eigenvalue weighted by atomic mass is 10.2. The highest BCUT2D eigenvalue weighted by atomic mass is 16.2. The average molecular weight is 253 g/mol. The Labute approximate surface area is 112 Å². The van der Waals surface area contributed by atoms with E-state index in [1.165, 1.54) is 0 Å². The molecule has 0 spiro atoms. The van der Waals surface area contributed by atoms with Gasteiger partial charge in [-0.2, -0.15) is 0 Å². The van der Waals surface area contributed by atoms with Crippen LogP contribution in [0.5, 0.6) is 0 Å². The van der Waals surface area contributed by atoms with Crippen LogP contribution in [-0.4, -0.2) is 12.7 Å². The third kappa shape index (κ3) is 2.12. The molecule has 1 heterocycles. The first-order valence-electron chi connectivity index (χ1n) is 6.23. The molecule has 0 aromatic heterocycles.